The molecule has 0 aromatic heterocycles. The molecule has 22 heavy (non-hydrogen) atoms. The Morgan fingerprint density at radius 2 is 2.14 bits per heavy atom. The third kappa shape index (κ3) is 4.75. The van der Waals surface area contributed by atoms with Gasteiger partial charge in [0.25, 0.3) is 5.91 Å². The first-order valence-corrected chi connectivity index (χ1v) is 6.72. The van der Waals surface area contributed by atoms with E-state index in [0.717, 1.165) is 0 Å². The number of carbonyl (C=O) groups excluding carboxylic acids is 1. The molecule has 0 radical (unpaired) electrons. The molecule has 0 unspecified atom stereocenters. The predicted octanol–water partition coefficient (Wildman–Crippen LogP) is 2.75. The van der Waals surface area contributed by atoms with Gasteiger partial charge < -0.3 is 10.4 Å². The molecule has 0 aliphatic heterocycles. The van der Waals surface area contributed by atoms with E-state index in [-0.39, 0.29) is 23.2 Å². The largest absolute Gasteiger partial charge is 0.508 e. The van der Waals surface area contributed by atoms with Crippen LogP contribution in [0.3, 0.4) is 0 Å². The summed E-state index contributed by atoms with van der Waals surface area (Å²) in [4.78, 5) is 11.6. The van der Waals surface area contributed by atoms with E-state index < -0.39 is 5.82 Å². The van der Waals surface area contributed by atoms with Crippen molar-refractivity contribution in [1.29, 1.82) is 0 Å². The van der Waals surface area contributed by atoms with Crippen molar-refractivity contribution in [2.24, 2.45) is 5.10 Å². The predicted molar refractivity (Wildman–Crippen MR) is 83.7 cm³/mol. The molecule has 0 heterocycles. The van der Waals surface area contributed by atoms with E-state index >= 15 is 0 Å². The zero-order valence-electron chi connectivity index (χ0n) is 11.4. The van der Waals surface area contributed by atoms with Gasteiger partial charge in [0.1, 0.15) is 11.6 Å². The van der Waals surface area contributed by atoms with E-state index in [9.17, 15) is 14.3 Å². The number of amides is 1. The Hall–Kier alpha value is -2.60. The first-order valence-electron chi connectivity index (χ1n) is 6.34. The van der Waals surface area contributed by atoms with Gasteiger partial charge in [-0.25, -0.2) is 9.82 Å². The fraction of sp³-hybridized carbons (Fsp3) is 0.0667. The number of carbonyl (C=O) groups is 1. The number of halogens is 2. The van der Waals surface area contributed by atoms with E-state index in [2.05, 4.69) is 15.8 Å². The molecule has 0 aliphatic carbocycles. The number of nitrogens with one attached hydrogen (secondary N) is 2. The summed E-state index contributed by atoms with van der Waals surface area (Å²) in [6.45, 7) is -0.0423. The summed E-state index contributed by atoms with van der Waals surface area (Å²) in [5.41, 5.74) is 3.50. The van der Waals surface area contributed by atoms with Gasteiger partial charge in [-0.1, -0.05) is 23.7 Å². The first-order chi connectivity index (χ1) is 10.5. The number of phenols is 1. The number of nitrogens with zero attached hydrogens (tertiary/aromatic N) is 1. The Morgan fingerprint density at radius 1 is 1.32 bits per heavy atom. The molecule has 2 aromatic rings. The summed E-state index contributed by atoms with van der Waals surface area (Å²) in [6.07, 6.45) is 1.41. The highest BCUT2D eigenvalue weighted by molar-refractivity contribution is 6.31. The number of hydrazone groups is 1. The Labute approximate surface area is 131 Å². The molecular formula is C15H13ClFN3O2. The standard InChI is InChI=1S/C15H13ClFN3O2/c16-13-7-11(4-5-14(13)17)18-9-15(22)20-19-8-10-2-1-3-12(21)6-10/h1-8,18,21H,9H2,(H,20,22)/b19-8+. The maximum absolute atomic E-state index is 13.0. The van der Waals surface area contributed by atoms with Crippen molar-refractivity contribution in [3.63, 3.8) is 0 Å². The summed E-state index contributed by atoms with van der Waals surface area (Å²) < 4.78 is 13.0. The van der Waals surface area contributed by atoms with Gasteiger partial charge in [-0.05, 0) is 35.9 Å². The zero-order valence-corrected chi connectivity index (χ0v) is 12.1. The molecule has 0 saturated carbocycles. The van der Waals surface area contributed by atoms with Crippen LogP contribution in [0.4, 0.5) is 10.1 Å². The summed E-state index contributed by atoms with van der Waals surface area (Å²) in [5, 5.41) is 15.8. The lowest BCUT2D eigenvalue weighted by atomic mass is 10.2. The number of hydrogen-bond acceptors (Lipinski definition) is 4. The number of phenolic OH excluding ortho intramolecular Hbond substituents is 1. The number of hydrogen-bond donors (Lipinski definition) is 3. The molecule has 0 saturated heterocycles. The fourth-order valence-electron chi connectivity index (χ4n) is 1.61. The van der Waals surface area contributed by atoms with E-state index in [4.69, 9.17) is 11.6 Å². The van der Waals surface area contributed by atoms with Crippen LogP contribution in [0.25, 0.3) is 0 Å². The Kier molecular flexibility index (Phi) is 5.32. The monoisotopic (exact) mass is 321 g/mol. The molecule has 2 rings (SSSR count). The van der Waals surface area contributed by atoms with Crippen molar-refractivity contribution in [1.82, 2.24) is 5.43 Å². The summed E-state index contributed by atoms with van der Waals surface area (Å²) >= 11 is 5.63. The number of rotatable bonds is 5. The van der Waals surface area contributed by atoms with E-state index in [1.807, 2.05) is 0 Å². The molecule has 5 nitrogen and oxygen atoms in total. The maximum atomic E-state index is 13.0. The lowest BCUT2D eigenvalue weighted by Crippen LogP contribution is -2.25. The zero-order chi connectivity index (χ0) is 15.9. The lowest BCUT2D eigenvalue weighted by molar-refractivity contribution is -0.119. The average Bonchev–Trinajstić information content (AvgIpc) is 2.48. The van der Waals surface area contributed by atoms with Crippen LogP contribution < -0.4 is 10.7 Å². The second-order valence-corrected chi connectivity index (χ2v) is 4.78. The van der Waals surface area contributed by atoms with Gasteiger partial charge >= 0.3 is 0 Å². The molecule has 0 bridgehead atoms. The Morgan fingerprint density at radius 3 is 2.86 bits per heavy atom. The SMILES string of the molecule is O=C(CNc1ccc(F)c(Cl)c1)N/N=C/c1cccc(O)c1. The third-order valence-corrected chi connectivity index (χ3v) is 2.94. The second kappa shape index (κ2) is 7.42. The van der Waals surface area contributed by atoms with E-state index in [1.165, 1.54) is 36.5 Å². The topological polar surface area (TPSA) is 73.7 Å². The van der Waals surface area contributed by atoms with Crippen molar-refractivity contribution >= 4 is 29.4 Å². The van der Waals surface area contributed by atoms with Crippen LogP contribution in [0.2, 0.25) is 5.02 Å². The lowest BCUT2D eigenvalue weighted by Gasteiger charge is -2.05. The van der Waals surface area contributed by atoms with Crippen molar-refractivity contribution in [2.45, 2.75) is 0 Å². The van der Waals surface area contributed by atoms with E-state index in [1.54, 1.807) is 12.1 Å². The van der Waals surface area contributed by atoms with E-state index in [0.29, 0.717) is 11.3 Å². The Balaban J connectivity index is 1.81. The minimum Gasteiger partial charge on any atom is -0.508 e. The number of aromatic hydroxyl groups is 1. The Bertz CT molecular complexity index is 707. The van der Waals surface area contributed by atoms with Gasteiger partial charge in [-0.15, -0.1) is 0 Å². The number of benzene rings is 2. The van der Waals surface area contributed by atoms with Gasteiger partial charge in [0, 0.05) is 5.69 Å². The molecule has 2 aromatic carbocycles. The van der Waals surface area contributed by atoms with Gasteiger partial charge in [0.2, 0.25) is 0 Å². The highest BCUT2D eigenvalue weighted by Gasteiger charge is 2.03. The summed E-state index contributed by atoms with van der Waals surface area (Å²) in [6, 6.07) is 10.5. The fourth-order valence-corrected chi connectivity index (χ4v) is 1.79. The minimum absolute atomic E-state index is 0.0210. The first kappa shape index (κ1) is 15.8. The normalized spacial score (nSPS) is 10.6. The van der Waals surface area contributed by atoms with Gasteiger partial charge in [0.15, 0.2) is 0 Å². The maximum Gasteiger partial charge on any atom is 0.259 e. The van der Waals surface area contributed by atoms with Gasteiger partial charge in [-0.3, -0.25) is 4.79 Å². The van der Waals surface area contributed by atoms with Crippen LogP contribution in [0.5, 0.6) is 5.75 Å². The number of anilines is 1. The highest BCUT2D eigenvalue weighted by atomic mass is 35.5. The second-order valence-electron chi connectivity index (χ2n) is 4.37. The molecule has 0 atom stereocenters. The van der Waals surface area contributed by atoms with Crippen LogP contribution in [-0.4, -0.2) is 23.8 Å². The molecule has 1 amide bonds. The molecular weight excluding hydrogens is 309 g/mol. The van der Waals surface area contributed by atoms with Crippen LogP contribution >= 0.6 is 11.6 Å². The minimum atomic E-state index is -0.521. The van der Waals surface area contributed by atoms with Gasteiger partial charge in [-0.2, -0.15) is 5.10 Å². The molecule has 114 valence electrons. The smallest absolute Gasteiger partial charge is 0.259 e. The van der Waals surface area contributed by atoms with Gasteiger partial charge in [0.05, 0.1) is 17.8 Å². The van der Waals surface area contributed by atoms with Crippen LogP contribution in [0.1, 0.15) is 5.56 Å². The quantitative estimate of drug-likeness (QED) is 0.585. The highest BCUT2D eigenvalue weighted by Crippen LogP contribution is 2.18. The van der Waals surface area contributed by atoms with Crippen molar-refractivity contribution < 1.29 is 14.3 Å². The average molecular weight is 322 g/mol. The molecule has 0 fully saturated rings. The summed E-state index contributed by atoms with van der Waals surface area (Å²) in [7, 11) is 0. The van der Waals surface area contributed by atoms with Crippen molar-refractivity contribution in [3.05, 3.63) is 58.9 Å². The van der Waals surface area contributed by atoms with Crippen LogP contribution in [-0.2, 0) is 4.79 Å². The summed E-state index contributed by atoms with van der Waals surface area (Å²) in [5.74, 6) is -0.783. The molecule has 3 N–H and O–H groups in total. The van der Waals surface area contributed by atoms with Crippen LogP contribution in [0.15, 0.2) is 47.6 Å². The third-order valence-electron chi connectivity index (χ3n) is 2.65. The van der Waals surface area contributed by atoms with Crippen LogP contribution in [0, 0.1) is 5.82 Å². The molecule has 0 spiro atoms. The molecule has 0 aliphatic rings. The van der Waals surface area contributed by atoms with Crippen molar-refractivity contribution in [2.75, 3.05) is 11.9 Å². The molecule has 7 heteroatoms. The van der Waals surface area contributed by atoms with Crippen molar-refractivity contribution in [3.8, 4) is 5.75 Å².